The van der Waals surface area contributed by atoms with E-state index in [1.165, 1.54) is 0 Å². The van der Waals surface area contributed by atoms with Crippen LogP contribution in [0.3, 0.4) is 0 Å². The van der Waals surface area contributed by atoms with Crippen molar-refractivity contribution in [3.8, 4) is 0 Å². The molecule has 3 atom stereocenters. The maximum absolute atomic E-state index is 12.0. The van der Waals surface area contributed by atoms with E-state index in [1.54, 1.807) is 6.92 Å². The van der Waals surface area contributed by atoms with E-state index >= 15 is 0 Å². The first-order chi connectivity index (χ1) is 8.45. The molecule has 1 rings (SSSR count). The third-order valence-electron chi connectivity index (χ3n) is 3.55. The molecule has 3 unspecified atom stereocenters. The Balaban J connectivity index is 2.47. The summed E-state index contributed by atoms with van der Waals surface area (Å²) >= 11 is 0. The molecule has 18 heavy (non-hydrogen) atoms. The van der Waals surface area contributed by atoms with Gasteiger partial charge in [-0.25, -0.2) is 4.79 Å². The Bertz CT molecular complexity index is 307. The van der Waals surface area contributed by atoms with Crippen LogP contribution in [-0.4, -0.2) is 42.6 Å². The van der Waals surface area contributed by atoms with Crippen LogP contribution in [0.1, 0.15) is 34.1 Å². The average Bonchev–Trinajstić information content (AvgIpc) is 2.31. The molecule has 0 aliphatic carbocycles. The van der Waals surface area contributed by atoms with Crippen molar-refractivity contribution in [2.24, 2.45) is 11.8 Å². The van der Waals surface area contributed by atoms with E-state index in [4.69, 9.17) is 4.74 Å². The highest BCUT2D eigenvalue weighted by Crippen LogP contribution is 2.26. The molecule has 1 heterocycles. The summed E-state index contributed by atoms with van der Waals surface area (Å²) in [5.74, 6) is 0.600. The molecule has 2 amide bonds. The van der Waals surface area contributed by atoms with E-state index in [1.807, 2.05) is 4.90 Å². The van der Waals surface area contributed by atoms with Crippen molar-refractivity contribution >= 4 is 12.0 Å². The highest BCUT2D eigenvalue weighted by atomic mass is 16.5. The van der Waals surface area contributed by atoms with Crippen LogP contribution < -0.4 is 5.32 Å². The molecule has 1 saturated heterocycles. The van der Waals surface area contributed by atoms with Crippen LogP contribution in [0.25, 0.3) is 0 Å². The molecule has 1 fully saturated rings. The van der Waals surface area contributed by atoms with E-state index in [0.29, 0.717) is 18.4 Å². The van der Waals surface area contributed by atoms with Gasteiger partial charge in [0.2, 0.25) is 0 Å². The Hall–Kier alpha value is -1.26. The fourth-order valence-corrected chi connectivity index (χ4v) is 2.44. The van der Waals surface area contributed by atoms with Gasteiger partial charge in [-0.3, -0.25) is 4.79 Å². The Morgan fingerprint density at radius 3 is 2.61 bits per heavy atom. The normalized spacial score (nSPS) is 27.8. The number of esters is 1. The van der Waals surface area contributed by atoms with Gasteiger partial charge in [0.1, 0.15) is 6.54 Å². The first-order valence-electron chi connectivity index (χ1n) is 6.65. The Morgan fingerprint density at radius 1 is 1.33 bits per heavy atom. The predicted molar refractivity (Wildman–Crippen MR) is 69.1 cm³/mol. The first-order valence-corrected chi connectivity index (χ1v) is 6.65. The second-order valence-corrected chi connectivity index (χ2v) is 5.17. The first kappa shape index (κ1) is 14.8. The highest BCUT2D eigenvalue weighted by molar-refractivity contribution is 5.81. The second kappa shape index (κ2) is 6.61. The Kier molecular flexibility index (Phi) is 5.44. The molecule has 1 N–H and O–H groups in total. The summed E-state index contributed by atoms with van der Waals surface area (Å²) in [6.45, 7) is 9.14. The van der Waals surface area contributed by atoms with Crippen molar-refractivity contribution < 1.29 is 14.3 Å². The quantitative estimate of drug-likeness (QED) is 0.781. The summed E-state index contributed by atoms with van der Waals surface area (Å²) in [4.78, 5) is 25.0. The summed E-state index contributed by atoms with van der Waals surface area (Å²) in [7, 11) is 0. The number of ether oxygens (including phenoxy) is 1. The van der Waals surface area contributed by atoms with Crippen LogP contribution in [0.15, 0.2) is 0 Å². The lowest BCUT2D eigenvalue weighted by Crippen LogP contribution is -2.53. The summed E-state index contributed by atoms with van der Waals surface area (Å²) in [5.41, 5.74) is 0. The van der Waals surface area contributed by atoms with Gasteiger partial charge in [-0.2, -0.15) is 0 Å². The lowest BCUT2D eigenvalue weighted by Gasteiger charge is -2.40. The van der Waals surface area contributed by atoms with Crippen molar-refractivity contribution in [1.29, 1.82) is 0 Å². The van der Waals surface area contributed by atoms with Gasteiger partial charge in [0.15, 0.2) is 0 Å². The minimum Gasteiger partial charge on any atom is -0.465 e. The zero-order chi connectivity index (χ0) is 13.7. The van der Waals surface area contributed by atoms with E-state index in [9.17, 15) is 9.59 Å². The topological polar surface area (TPSA) is 58.6 Å². The summed E-state index contributed by atoms with van der Waals surface area (Å²) < 4.78 is 4.78. The molecule has 5 nitrogen and oxygen atoms in total. The van der Waals surface area contributed by atoms with Gasteiger partial charge in [0.05, 0.1) is 6.61 Å². The molecule has 0 saturated carbocycles. The smallest absolute Gasteiger partial charge is 0.325 e. The minimum atomic E-state index is -0.392. The number of nitrogens with one attached hydrogen (secondary N) is 1. The Morgan fingerprint density at radius 2 is 2.00 bits per heavy atom. The monoisotopic (exact) mass is 256 g/mol. The van der Waals surface area contributed by atoms with Crippen molar-refractivity contribution in [1.82, 2.24) is 10.2 Å². The van der Waals surface area contributed by atoms with Crippen LogP contribution in [0, 0.1) is 11.8 Å². The van der Waals surface area contributed by atoms with Gasteiger partial charge in [-0.05, 0) is 32.1 Å². The molecule has 5 heteroatoms. The molecule has 1 aliphatic rings. The predicted octanol–water partition coefficient (Wildman–Crippen LogP) is 1.63. The number of likely N-dealkylation sites (tertiary alicyclic amines) is 1. The summed E-state index contributed by atoms with van der Waals surface area (Å²) in [5, 5.41) is 2.62. The Labute approximate surface area is 109 Å². The van der Waals surface area contributed by atoms with Crippen molar-refractivity contribution in [2.75, 3.05) is 19.7 Å². The lowest BCUT2D eigenvalue weighted by molar-refractivity contribution is -0.141. The zero-order valence-corrected chi connectivity index (χ0v) is 11.7. The largest absolute Gasteiger partial charge is 0.465 e. The second-order valence-electron chi connectivity index (χ2n) is 5.17. The van der Waals surface area contributed by atoms with Crippen molar-refractivity contribution in [3.63, 3.8) is 0 Å². The number of urea groups is 1. The fourth-order valence-electron chi connectivity index (χ4n) is 2.44. The summed E-state index contributed by atoms with van der Waals surface area (Å²) in [6, 6.07) is 0.0392. The van der Waals surface area contributed by atoms with Crippen molar-refractivity contribution in [3.05, 3.63) is 0 Å². The van der Waals surface area contributed by atoms with E-state index < -0.39 is 5.97 Å². The van der Waals surface area contributed by atoms with Crippen LogP contribution >= 0.6 is 0 Å². The summed E-state index contributed by atoms with van der Waals surface area (Å²) in [6.07, 6.45) is 1.14. The van der Waals surface area contributed by atoms with E-state index in [-0.39, 0.29) is 18.6 Å². The number of hydrogen-bond donors (Lipinski definition) is 1. The molecule has 0 bridgehead atoms. The standard InChI is InChI=1S/C13H24N2O3/c1-5-18-12(16)7-14-13(17)15-8-9(2)6-10(3)11(15)4/h9-11H,5-8H2,1-4H3,(H,14,17). The van der Waals surface area contributed by atoms with Gasteiger partial charge in [-0.15, -0.1) is 0 Å². The van der Waals surface area contributed by atoms with E-state index in [0.717, 1.165) is 13.0 Å². The van der Waals surface area contributed by atoms with Crippen LogP contribution in [-0.2, 0) is 9.53 Å². The third kappa shape index (κ3) is 3.89. The number of carbonyl (C=O) groups excluding carboxylic acids is 2. The van der Waals surface area contributed by atoms with Crippen LogP contribution in [0.2, 0.25) is 0 Å². The van der Waals surface area contributed by atoms with Gasteiger partial charge < -0.3 is 15.0 Å². The molecule has 1 aliphatic heterocycles. The van der Waals surface area contributed by atoms with Crippen LogP contribution in [0.5, 0.6) is 0 Å². The van der Waals surface area contributed by atoms with Gasteiger partial charge in [-0.1, -0.05) is 13.8 Å². The van der Waals surface area contributed by atoms with Gasteiger partial charge in [0, 0.05) is 12.6 Å². The lowest BCUT2D eigenvalue weighted by atomic mass is 9.86. The molecule has 0 aromatic rings. The minimum absolute atomic E-state index is 0.0569. The number of piperidine rings is 1. The molecular weight excluding hydrogens is 232 g/mol. The number of nitrogens with zero attached hydrogens (tertiary/aromatic N) is 1. The van der Waals surface area contributed by atoms with Crippen LogP contribution in [0.4, 0.5) is 4.79 Å². The fraction of sp³-hybridized carbons (Fsp3) is 0.846. The number of rotatable bonds is 3. The number of amides is 2. The van der Waals surface area contributed by atoms with Crippen molar-refractivity contribution in [2.45, 2.75) is 40.2 Å². The zero-order valence-electron chi connectivity index (χ0n) is 11.7. The molecule has 104 valence electrons. The third-order valence-corrected chi connectivity index (χ3v) is 3.55. The highest BCUT2D eigenvalue weighted by Gasteiger charge is 2.31. The number of carbonyl (C=O) groups is 2. The van der Waals surface area contributed by atoms with E-state index in [2.05, 4.69) is 26.1 Å². The maximum Gasteiger partial charge on any atom is 0.325 e. The molecule has 0 aromatic heterocycles. The molecule has 0 aromatic carbocycles. The SMILES string of the molecule is CCOC(=O)CNC(=O)N1CC(C)CC(C)C1C. The molecule has 0 spiro atoms. The van der Waals surface area contributed by atoms with Gasteiger partial charge in [0.25, 0.3) is 0 Å². The molecule has 0 radical (unpaired) electrons. The maximum atomic E-state index is 12.0. The van der Waals surface area contributed by atoms with Gasteiger partial charge >= 0.3 is 12.0 Å². The number of hydrogen-bond acceptors (Lipinski definition) is 3. The molecular formula is C13H24N2O3. The average molecular weight is 256 g/mol.